The second-order valence-corrected chi connectivity index (χ2v) is 9.94. The van der Waals surface area contributed by atoms with Crippen molar-refractivity contribution in [3.8, 4) is 0 Å². The monoisotopic (exact) mass is 387 g/mol. The molecule has 4 rings (SSSR count). The number of ketones is 1. The molecular weight excluding hydrogens is 356 g/mol. The van der Waals surface area contributed by atoms with Crippen molar-refractivity contribution in [3.63, 3.8) is 0 Å². The lowest BCUT2D eigenvalue weighted by Crippen LogP contribution is -2.51. The molecule has 0 N–H and O–H groups in total. The smallest absolute Gasteiger partial charge is 0.306 e. The summed E-state index contributed by atoms with van der Waals surface area (Å²) in [6.45, 7) is 4.65. The van der Waals surface area contributed by atoms with Crippen molar-refractivity contribution in [2.75, 3.05) is 0 Å². The Bertz CT molecular complexity index is 725. The van der Waals surface area contributed by atoms with Crippen LogP contribution in [0.5, 0.6) is 0 Å². The van der Waals surface area contributed by atoms with E-state index in [0.717, 1.165) is 44.9 Å². The molecule has 0 unspecified atom stereocenters. The summed E-state index contributed by atoms with van der Waals surface area (Å²) in [4.78, 5) is 34.7. The van der Waals surface area contributed by atoms with E-state index in [-0.39, 0.29) is 35.6 Å². The predicted molar refractivity (Wildman–Crippen MR) is 101 cm³/mol. The fourth-order valence-electron chi connectivity index (χ4n) is 7.13. The first-order valence-corrected chi connectivity index (χ1v) is 10.9. The van der Waals surface area contributed by atoms with Gasteiger partial charge in [-0.2, -0.15) is 0 Å². The van der Waals surface area contributed by atoms with Crippen LogP contribution in [0.3, 0.4) is 0 Å². The first-order valence-electron chi connectivity index (χ1n) is 10.9. The van der Waals surface area contributed by atoms with E-state index in [1.807, 2.05) is 6.08 Å². The van der Waals surface area contributed by atoms with Gasteiger partial charge in [0.1, 0.15) is 6.10 Å². The number of carboxylic acid groups (broad SMARTS) is 1. The Morgan fingerprint density at radius 3 is 2.61 bits per heavy atom. The quantitative estimate of drug-likeness (QED) is 0.693. The maximum atomic E-state index is 12.1. The number of ether oxygens (including phenoxy) is 1. The number of allylic oxidation sites excluding steroid dienone is 1. The number of carbonyl (C=O) groups is 3. The highest BCUT2D eigenvalue weighted by Gasteiger charge is 2.59. The Labute approximate surface area is 166 Å². The van der Waals surface area contributed by atoms with Crippen LogP contribution < -0.4 is 5.11 Å². The number of esters is 1. The first-order chi connectivity index (χ1) is 13.2. The van der Waals surface area contributed by atoms with E-state index in [4.69, 9.17) is 4.74 Å². The molecule has 4 aliphatic carbocycles. The summed E-state index contributed by atoms with van der Waals surface area (Å²) < 4.78 is 5.77. The first kappa shape index (κ1) is 19.7. The number of hydrogen-bond acceptors (Lipinski definition) is 5. The third kappa shape index (κ3) is 3.11. The maximum absolute atomic E-state index is 12.1. The highest BCUT2D eigenvalue weighted by molar-refractivity contribution is 5.91. The number of hydrogen-bond donors (Lipinski definition) is 0. The van der Waals surface area contributed by atoms with Crippen LogP contribution in [0.25, 0.3) is 0 Å². The topological polar surface area (TPSA) is 83.5 Å². The fraction of sp³-hybridized carbons (Fsp3) is 0.783. The van der Waals surface area contributed by atoms with Gasteiger partial charge < -0.3 is 14.6 Å². The molecule has 3 fully saturated rings. The van der Waals surface area contributed by atoms with E-state index in [1.54, 1.807) is 0 Å². The summed E-state index contributed by atoms with van der Waals surface area (Å²) in [5, 5.41) is 10.6. The van der Waals surface area contributed by atoms with Gasteiger partial charge in [-0.3, -0.25) is 9.59 Å². The Balaban J connectivity index is 1.49. The molecule has 0 amide bonds. The largest absolute Gasteiger partial charge is 0.550 e. The van der Waals surface area contributed by atoms with Crippen LogP contribution in [0.2, 0.25) is 0 Å². The number of carboxylic acids is 1. The predicted octanol–water partition coefficient (Wildman–Crippen LogP) is 2.96. The summed E-state index contributed by atoms with van der Waals surface area (Å²) in [5.41, 5.74) is 1.51. The molecule has 0 spiro atoms. The molecule has 28 heavy (non-hydrogen) atoms. The lowest BCUT2D eigenvalue weighted by atomic mass is 9.47. The van der Waals surface area contributed by atoms with Crippen molar-refractivity contribution >= 4 is 17.7 Å². The molecule has 6 atom stereocenters. The molecule has 0 aromatic rings. The van der Waals surface area contributed by atoms with Gasteiger partial charge in [0.15, 0.2) is 5.78 Å². The van der Waals surface area contributed by atoms with Gasteiger partial charge >= 0.3 is 5.97 Å². The van der Waals surface area contributed by atoms with Crippen LogP contribution >= 0.6 is 0 Å². The SMILES string of the molecule is C[C@]12CC[C@H]3[C@H](CCC4=CC(=O)CC[C@@]43C)[C@@H]1CC[C@@H]2OC(=O)CCC(=O)[O-]. The fourth-order valence-corrected chi connectivity index (χ4v) is 7.13. The Kier molecular flexibility index (Phi) is 4.91. The molecule has 0 aliphatic heterocycles. The Morgan fingerprint density at radius 1 is 1.07 bits per heavy atom. The minimum atomic E-state index is -1.21. The third-order valence-electron chi connectivity index (χ3n) is 8.68. The van der Waals surface area contributed by atoms with Crippen LogP contribution in [0, 0.1) is 28.6 Å². The van der Waals surface area contributed by atoms with Crippen molar-refractivity contribution < 1.29 is 24.2 Å². The van der Waals surface area contributed by atoms with Gasteiger partial charge in [0.25, 0.3) is 0 Å². The zero-order valence-corrected chi connectivity index (χ0v) is 17.0. The molecule has 0 heterocycles. The van der Waals surface area contributed by atoms with E-state index < -0.39 is 11.9 Å². The zero-order valence-electron chi connectivity index (χ0n) is 17.0. The minimum Gasteiger partial charge on any atom is -0.550 e. The molecule has 154 valence electrons. The summed E-state index contributed by atoms with van der Waals surface area (Å²) >= 11 is 0. The lowest BCUT2D eigenvalue weighted by molar-refractivity contribution is -0.305. The molecule has 5 nitrogen and oxygen atoms in total. The van der Waals surface area contributed by atoms with Crippen molar-refractivity contribution in [2.45, 2.75) is 84.2 Å². The van der Waals surface area contributed by atoms with Crippen molar-refractivity contribution in [1.29, 1.82) is 0 Å². The van der Waals surface area contributed by atoms with Gasteiger partial charge in [0.05, 0.1) is 6.42 Å². The van der Waals surface area contributed by atoms with E-state index in [2.05, 4.69) is 13.8 Å². The number of rotatable bonds is 4. The molecule has 5 heteroatoms. The summed E-state index contributed by atoms with van der Waals surface area (Å²) in [6, 6.07) is 0. The van der Waals surface area contributed by atoms with Crippen molar-refractivity contribution in [3.05, 3.63) is 11.6 Å². The van der Waals surface area contributed by atoms with E-state index in [9.17, 15) is 19.5 Å². The van der Waals surface area contributed by atoms with E-state index >= 15 is 0 Å². The Hall–Kier alpha value is -1.65. The van der Waals surface area contributed by atoms with Gasteiger partial charge in [0, 0.05) is 17.8 Å². The van der Waals surface area contributed by atoms with Crippen LogP contribution in [-0.4, -0.2) is 23.8 Å². The number of carbonyl (C=O) groups excluding carboxylic acids is 3. The molecule has 0 aromatic heterocycles. The standard InChI is InChI=1S/C23H32O5/c1-22-11-9-15(24)13-14(22)3-4-16-17-5-6-19(23(17,2)12-10-18(16)22)28-21(27)8-7-20(25)26/h13,16-19H,3-12H2,1-2H3,(H,25,26)/p-1/t16-,17+,18+,19+,22+,23+/m1/s1. The molecule has 0 aromatic carbocycles. The average Bonchev–Trinajstić information content (AvgIpc) is 2.97. The van der Waals surface area contributed by atoms with Crippen molar-refractivity contribution in [1.82, 2.24) is 0 Å². The maximum Gasteiger partial charge on any atom is 0.306 e. The average molecular weight is 387 g/mol. The van der Waals surface area contributed by atoms with Crippen LogP contribution in [-0.2, 0) is 19.1 Å². The number of fused-ring (bicyclic) bond motifs is 5. The third-order valence-corrected chi connectivity index (χ3v) is 8.68. The van der Waals surface area contributed by atoms with E-state index in [1.165, 1.54) is 5.57 Å². The highest BCUT2D eigenvalue weighted by Crippen LogP contribution is 2.65. The molecule has 0 bridgehead atoms. The summed E-state index contributed by atoms with van der Waals surface area (Å²) in [5.74, 6) is 0.451. The Morgan fingerprint density at radius 2 is 1.86 bits per heavy atom. The summed E-state index contributed by atoms with van der Waals surface area (Å²) in [7, 11) is 0. The van der Waals surface area contributed by atoms with Gasteiger partial charge in [0.2, 0.25) is 0 Å². The van der Waals surface area contributed by atoms with E-state index in [0.29, 0.717) is 24.2 Å². The molecule has 4 aliphatic rings. The second-order valence-electron chi connectivity index (χ2n) is 9.94. The minimum absolute atomic E-state index is 0.0135. The molecule has 0 saturated heterocycles. The highest BCUT2D eigenvalue weighted by atomic mass is 16.5. The van der Waals surface area contributed by atoms with Crippen molar-refractivity contribution in [2.24, 2.45) is 28.6 Å². The van der Waals surface area contributed by atoms with Gasteiger partial charge in [-0.15, -0.1) is 0 Å². The molecule has 3 saturated carbocycles. The normalized spacial score (nSPS) is 42.1. The zero-order chi connectivity index (χ0) is 20.1. The van der Waals surface area contributed by atoms with Gasteiger partial charge in [-0.25, -0.2) is 0 Å². The molecular formula is C23H31O5-. The van der Waals surface area contributed by atoms with Crippen LogP contribution in [0.1, 0.15) is 78.1 Å². The van der Waals surface area contributed by atoms with Gasteiger partial charge in [-0.1, -0.05) is 19.4 Å². The number of aliphatic carboxylic acids is 1. The van der Waals surface area contributed by atoms with Crippen LogP contribution in [0.15, 0.2) is 11.6 Å². The van der Waals surface area contributed by atoms with Gasteiger partial charge in [-0.05, 0) is 80.6 Å². The second kappa shape index (κ2) is 7.00. The lowest BCUT2D eigenvalue weighted by Gasteiger charge is -2.57. The molecule has 0 radical (unpaired) electrons. The summed E-state index contributed by atoms with van der Waals surface area (Å²) in [6.07, 6.45) is 9.35. The van der Waals surface area contributed by atoms with Crippen LogP contribution in [0.4, 0.5) is 0 Å².